The third-order valence-corrected chi connectivity index (χ3v) is 4.86. The highest BCUT2D eigenvalue weighted by atomic mass is 16.5. The second kappa shape index (κ2) is 8.25. The summed E-state index contributed by atoms with van der Waals surface area (Å²) < 4.78 is 11.0. The molecule has 0 bridgehead atoms. The summed E-state index contributed by atoms with van der Waals surface area (Å²) in [6, 6.07) is 9.69. The van der Waals surface area contributed by atoms with Gasteiger partial charge < -0.3 is 19.5 Å². The van der Waals surface area contributed by atoms with Gasteiger partial charge in [0.15, 0.2) is 0 Å². The highest BCUT2D eigenvalue weighted by Crippen LogP contribution is 2.29. The van der Waals surface area contributed by atoms with Gasteiger partial charge in [-0.05, 0) is 39.7 Å². The van der Waals surface area contributed by atoms with Crippen molar-refractivity contribution in [2.75, 3.05) is 19.7 Å². The number of nitrogens with one attached hydrogen (secondary N) is 1. The van der Waals surface area contributed by atoms with E-state index in [0.29, 0.717) is 12.5 Å². The normalized spacial score (nSPS) is 16.3. The Morgan fingerprint density at radius 3 is 2.77 bits per heavy atom. The molecule has 1 aliphatic rings. The summed E-state index contributed by atoms with van der Waals surface area (Å²) in [6.07, 6.45) is 1.79. The van der Waals surface area contributed by atoms with Crippen molar-refractivity contribution in [3.05, 3.63) is 47.3 Å². The molecule has 0 radical (unpaired) electrons. The van der Waals surface area contributed by atoms with Crippen molar-refractivity contribution in [3.8, 4) is 5.75 Å². The lowest BCUT2D eigenvalue weighted by molar-refractivity contribution is 0.173. The summed E-state index contributed by atoms with van der Waals surface area (Å²) in [6.45, 7) is 7.91. The van der Waals surface area contributed by atoms with Crippen LogP contribution in [0.1, 0.15) is 55.7 Å². The number of nitrogens with zero attached hydrogens (tertiary/aromatic N) is 2. The van der Waals surface area contributed by atoms with Gasteiger partial charge >= 0.3 is 6.03 Å². The number of likely N-dealkylation sites (tertiary alicyclic amines) is 1. The predicted octanol–water partition coefficient (Wildman–Crippen LogP) is 4.03. The molecule has 6 nitrogen and oxygen atoms in total. The number of para-hydroxylation sites is 1. The Labute approximate surface area is 154 Å². The first-order valence-electron chi connectivity index (χ1n) is 9.28. The van der Waals surface area contributed by atoms with Crippen LogP contribution >= 0.6 is 0 Å². The number of urea groups is 1. The number of benzene rings is 1. The van der Waals surface area contributed by atoms with Gasteiger partial charge in [0.25, 0.3) is 0 Å². The van der Waals surface area contributed by atoms with E-state index in [1.807, 2.05) is 56.0 Å². The van der Waals surface area contributed by atoms with E-state index in [1.54, 1.807) is 0 Å². The summed E-state index contributed by atoms with van der Waals surface area (Å²) in [5.74, 6) is 2.10. The number of rotatable bonds is 5. The maximum atomic E-state index is 12.6. The van der Waals surface area contributed by atoms with Crippen LogP contribution in [0.15, 0.2) is 34.9 Å². The first kappa shape index (κ1) is 18.3. The van der Waals surface area contributed by atoms with Crippen LogP contribution < -0.4 is 10.1 Å². The minimum Gasteiger partial charge on any atom is -0.494 e. The van der Waals surface area contributed by atoms with Gasteiger partial charge in [-0.2, -0.15) is 0 Å². The third-order valence-electron chi connectivity index (χ3n) is 4.86. The van der Waals surface area contributed by atoms with Crippen molar-refractivity contribution < 1.29 is 14.1 Å². The minimum atomic E-state index is -0.111. The van der Waals surface area contributed by atoms with E-state index < -0.39 is 0 Å². The summed E-state index contributed by atoms with van der Waals surface area (Å²) in [5.41, 5.74) is 1.90. The molecule has 140 valence electrons. The zero-order valence-corrected chi connectivity index (χ0v) is 15.7. The van der Waals surface area contributed by atoms with Crippen LogP contribution in [0.2, 0.25) is 0 Å². The topological polar surface area (TPSA) is 67.6 Å². The quantitative estimate of drug-likeness (QED) is 0.877. The van der Waals surface area contributed by atoms with Crippen LogP contribution in [-0.4, -0.2) is 35.8 Å². The molecule has 2 amide bonds. The highest BCUT2D eigenvalue weighted by molar-refractivity contribution is 5.75. The predicted molar refractivity (Wildman–Crippen MR) is 99.3 cm³/mol. The van der Waals surface area contributed by atoms with Gasteiger partial charge in [0.2, 0.25) is 0 Å². The molecule has 1 N–H and O–H groups in total. The van der Waals surface area contributed by atoms with Crippen LogP contribution in [0, 0.1) is 6.92 Å². The van der Waals surface area contributed by atoms with E-state index in [0.717, 1.165) is 48.7 Å². The molecule has 3 rings (SSSR count). The summed E-state index contributed by atoms with van der Waals surface area (Å²) in [4.78, 5) is 14.5. The first-order chi connectivity index (χ1) is 12.6. The SMILES string of the molecule is CCOc1ccccc1C(C)NC(=O)N1CCC(c2cc(C)no2)CC1. The van der Waals surface area contributed by atoms with Crippen molar-refractivity contribution >= 4 is 6.03 Å². The molecule has 2 heterocycles. The molecule has 1 unspecified atom stereocenters. The molecular formula is C20H27N3O3. The van der Waals surface area contributed by atoms with E-state index in [9.17, 15) is 4.79 Å². The van der Waals surface area contributed by atoms with E-state index >= 15 is 0 Å². The van der Waals surface area contributed by atoms with E-state index in [4.69, 9.17) is 9.26 Å². The lowest BCUT2D eigenvalue weighted by Crippen LogP contribution is -2.44. The second-order valence-electron chi connectivity index (χ2n) is 6.77. The Hall–Kier alpha value is -2.50. The lowest BCUT2D eigenvalue weighted by atomic mass is 9.94. The number of carbonyl (C=O) groups is 1. The number of aromatic nitrogens is 1. The van der Waals surface area contributed by atoms with Crippen LogP contribution in [0.3, 0.4) is 0 Å². The van der Waals surface area contributed by atoms with Gasteiger partial charge in [0.1, 0.15) is 11.5 Å². The molecule has 0 saturated carbocycles. The van der Waals surface area contributed by atoms with E-state index in [1.165, 1.54) is 0 Å². The molecule has 1 fully saturated rings. The fourth-order valence-corrected chi connectivity index (χ4v) is 3.42. The van der Waals surface area contributed by atoms with Gasteiger partial charge in [0, 0.05) is 30.6 Å². The molecule has 1 atom stereocenters. The number of hydrogen-bond acceptors (Lipinski definition) is 4. The molecule has 1 aliphatic heterocycles. The highest BCUT2D eigenvalue weighted by Gasteiger charge is 2.27. The Morgan fingerprint density at radius 1 is 1.38 bits per heavy atom. The van der Waals surface area contributed by atoms with E-state index in [-0.39, 0.29) is 12.1 Å². The fraction of sp³-hybridized carbons (Fsp3) is 0.500. The Kier molecular flexibility index (Phi) is 5.81. The third kappa shape index (κ3) is 4.18. The molecule has 2 aromatic rings. The maximum absolute atomic E-state index is 12.6. The number of piperidine rings is 1. The van der Waals surface area contributed by atoms with Crippen molar-refractivity contribution in [2.24, 2.45) is 0 Å². The molecule has 1 aromatic heterocycles. The number of amides is 2. The largest absolute Gasteiger partial charge is 0.494 e. The van der Waals surface area contributed by atoms with Crippen molar-refractivity contribution in [3.63, 3.8) is 0 Å². The number of ether oxygens (including phenoxy) is 1. The standard InChI is InChI=1S/C20H27N3O3/c1-4-25-18-8-6-5-7-17(18)15(3)21-20(24)23-11-9-16(10-12-23)19-13-14(2)22-26-19/h5-8,13,15-16H,4,9-12H2,1-3H3,(H,21,24). The first-order valence-corrected chi connectivity index (χ1v) is 9.28. The van der Waals surface area contributed by atoms with Crippen LogP contribution in [-0.2, 0) is 0 Å². The van der Waals surface area contributed by atoms with Gasteiger partial charge in [-0.25, -0.2) is 4.79 Å². The zero-order valence-electron chi connectivity index (χ0n) is 15.7. The van der Waals surface area contributed by atoms with Crippen molar-refractivity contribution in [2.45, 2.75) is 45.6 Å². The summed E-state index contributed by atoms with van der Waals surface area (Å²) in [7, 11) is 0. The van der Waals surface area contributed by atoms with Crippen molar-refractivity contribution in [1.29, 1.82) is 0 Å². The molecular weight excluding hydrogens is 330 g/mol. The molecule has 1 aromatic carbocycles. The van der Waals surface area contributed by atoms with Crippen LogP contribution in [0.4, 0.5) is 4.79 Å². The lowest BCUT2D eigenvalue weighted by Gasteiger charge is -2.32. The van der Waals surface area contributed by atoms with Gasteiger partial charge in [-0.3, -0.25) is 0 Å². The van der Waals surface area contributed by atoms with Gasteiger partial charge in [-0.15, -0.1) is 0 Å². The van der Waals surface area contributed by atoms with Crippen LogP contribution in [0.25, 0.3) is 0 Å². The number of carbonyl (C=O) groups excluding carboxylic acids is 1. The number of hydrogen-bond donors (Lipinski definition) is 1. The molecule has 0 aliphatic carbocycles. The average Bonchev–Trinajstić information content (AvgIpc) is 3.09. The second-order valence-corrected chi connectivity index (χ2v) is 6.77. The smallest absolute Gasteiger partial charge is 0.317 e. The van der Waals surface area contributed by atoms with Crippen molar-refractivity contribution in [1.82, 2.24) is 15.4 Å². The Bertz CT molecular complexity index is 735. The zero-order chi connectivity index (χ0) is 18.5. The minimum absolute atomic E-state index is 0.0315. The Balaban J connectivity index is 1.56. The average molecular weight is 357 g/mol. The Morgan fingerprint density at radius 2 is 2.12 bits per heavy atom. The van der Waals surface area contributed by atoms with Gasteiger partial charge in [-0.1, -0.05) is 23.4 Å². The fourth-order valence-electron chi connectivity index (χ4n) is 3.42. The summed E-state index contributed by atoms with van der Waals surface area (Å²) >= 11 is 0. The summed E-state index contributed by atoms with van der Waals surface area (Å²) in [5, 5.41) is 7.06. The van der Waals surface area contributed by atoms with Gasteiger partial charge in [0.05, 0.1) is 18.3 Å². The van der Waals surface area contributed by atoms with E-state index in [2.05, 4.69) is 10.5 Å². The molecule has 26 heavy (non-hydrogen) atoms. The number of aryl methyl sites for hydroxylation is 1. The molecule has 6 heteroatoms. The molecule has 1 saturated heterocycles. The van der Waals surface area contributed by atoms with Crippen LogP contribution in [0.5, 0.6) is 5.75 Å². The monoisotopic (exact) mass is 357 g/mol. The maximum Gasteiger partial charge on any atom is 0.317 e. The molecule has 0 spiro atoms.